The first-order valence-electron chi connectivity index (χ1n) is 6.74. The second-order valence-corrected chi connectivity index (χ2v) is 4.76. The van der Waals surface area contributed by atoms with Crippen LogP contribution in [0.1, 0.15) is 45.4 Å². The minimum Gasteiger partial charge on any atom is -0.307 e. The molecule has 106 valence electrons. The molecule has 0 amide bonds. The maximum Gasteiger partial charge on any atom is 0.368 e. The summed E-state index contributed by atoms with van der Waals surface area (Å²) in [5.41, 5.74) is 0.497. The normalized spacial score (nSPS) is 10.7. The summed E-state index contributed by atoms with van der Waals surface area (Å²) < 4.78 is 0. The van der Waals surface area contributed by atoms with Crippen molar-refractivity contribution in [1.29, 1.82) is 0 Å². The van der Waals surface area contributed by atoms with Gasteiger partial charge in [0.25, 0.3) is 0 Å². The molecule has 4 nitrogen and oxygen atoms in total. The van der Waals surface area contributed by atoms with Crippen molar-refractivity contribution < 1.29 is 14.6 Å². The van der Waals surface area contributed by atoms with Gasteiger partial charge in [-0.1, -0.05) is 39.2 Å². The Kier molecular flexibility index (Phi) is 10.7. The van der Waals surface area contributed by atoms with E-state index in [4.69, 9.17) is 4.89 Å². The quantitative estimate of drug-likeness (QED) is 0.247. The zero-order valence-corrected chi connectivity index (χ0v) is 12.0. The van der Waals surface area contributed by atoms with Gasteiger partial charge < -0.3 is 4.90 Å². The van der Waals surface area contributed by atoms with E-state index in [-0.39, 0.29) is 0 Å². The number of nitrogens with zero attached hydrogens (tertiary/aromatic N) is 1. The summed E-state index contributed by atoms with van der Waals surface area (Å²) in [4.78, 5) is 22.9. The van der Waals surface area contributed by atoms with Crippen LogP contribution in [-0.2, 0) is 14.6 Å². The van der Waals surface area contributed by atoms with Crippen molar-refractivity contribution in [3.8, 4) is 0 Å². The van der Waals surface area contributed by atoms with E-state index in [0.29, 0.717) is 18.6 Å². The molecule has 0 unspecified atom stereocenters. The Bertz CT molecular complexity index is 239. The monoisotopic (exact) mass is 257 g/mol. The molecule has 0 saturated heterocycles. The van der Waals surface area contributed by atoms with Crippen molar-refractivity contribution in [2.75, 3.05) is 27.2 Å². The largest absolute Gasteiger partial charge is 0.368 e. The predicted octanol–water partition coefficient (Wildman–Crippen LogP) is 2.94. The van der Waals surface area contributed by atoms with Crippen LogP contribution in [0.25, 0.3) is 0 Å². The Labute approximate surface area is 111 Å². The fourth-order valence-corrected chi connectivity index (χ4v) is 1.42. The number of likely N-dealkylation sites (N-methyl/N-ethyl adjacent to an activating group) is 1. The predicted molar refractivity (Wildman–Crippen MR) is 73.1 cm³/mol. The summed E-state index contributed by atoms with van der Waals surface area (Å²) in [7, 11) is 3.86. The van der Waals surface area contributed by atoms with E-state index in [9.17, 15) is 4.79 Å². The van der Waals surface area contributed by atoms with Gasteiger partial charge in [0.05, 0.1) is 0 Å². The second kappa shape index (κ2) is 11.2. The highest BCUT2D eigenvalue weighted by atomic mass is 17.2. The molecule has 0 atom stereocenters. The molecule has 4 heteroatoms. The summed E-state index contributed by atoms with van der Waals surface area (Å²) in [6.07, 6.45) is 6.53. The topological polar surface area (TPSA) is 38.8 Å². The molecule has 18 heavy (non-hydrogen) atoms. The van der Waals surface area contributed by atoms with E-state index in [1.165, 1.54) is 19.3 Å². The first-order valence-corrected chi connectivity index (χ1v) is 6.74. The molecule has 0 spiro atoms. The molecular formula is C14H27NO3. The van der Waals surface area contributed by atoms with Gasteiger partial charge in [-0.25, -0.2) is 4.79 Å². The van der Waals surface area contributed by atoms with Crippen LogP contribution in [0.15, 0.2) is 12.2 Å². The minimum absolute atomic E-state index is 0.377. The van der Waals surface area contributed by atoms with Gasteiger partial charge in [0.2, 0.25) is 0 Å². The lowest BCUT2D eigenvalue weighted by molar-refractivity contribution is -0.269. The Morgan fingerprint density at radius 3 is 2.44 bits per heavy atom. The first kappa shape index (κ1) is 17.1. The lowest BCUT2D eigenvalue weighted by Crippen LogP contribution is -2.19. The molecule has 0 saturated carbocycles. The average Bonchev–Trinajstić information content (AvgIpc) is 2.33. The highest BCUT2D eigenvalue weighted by molar-refractivity contribution is 5.87. The fourth-order valence-electron chi connectivity index (χ4n) is 1.42. The Balaban J connectivity index is 3.49. The van der Waals surface area contributed by atoms with Crippen LogP contribution in [0.5, 0.6) is 0 Å². The number of hydrogen-bond donors (Lipinski definition) is 0. The van der Waals surface area contributed by atoms with Gasteiger partial charge in [-0.3, -0.25) is 4.89 Å². The summed E-state index contributed by atoms with van der Waals surface area (Å²) >= 11 is 0. The van der Waals surface area contributed by atoms with Crippen LogP contribution >= 0.6 is 0 Å². The van der Waals surface area contributed by atoms with Crippen LogP contribution in [0.2, 0.25) is 0 Å². The van der Waals surface area contributed by atoms with Crippen molar-refractivity contribution in [3.63, 3.8) is 0 Å². The number of hydrogen-bond acceptors (Lipinski definition) is 4. The number of carbonyl (C=O) groups is 1. The molecule has 0 N–H and O–H groups in total. The number of rotatable bonds is 11. The summed E-state index contributed by atoms with van der Waals surface area (Å²) in [5, 5.41) is 0. The van der Waals surface area contributed by atoms with E-state index >= 15 is 0 Å². The molecule has 0 aromatic carbocycles. The Morgan fingerprint density at radius 1 is 1.17 bits per heavy atom. The molecule has 0 aliphatic heterocycles. The van der Waals surface area contributed by atoms with Gasteiger partial charge in [-0.2, -0.15) is 4.89 Å². The maximum atomic E-state index is 11.4. The van der Waals surface area contributed by atoms with Crippen molar-refractivity contribution in [2.24, 2.45) is 0 Å². The Hall–Kier alpha value is -0.870. The molecule has 0 heterocycles. The highest BCUT2D eigenvalue weighted by Crippen LogP contribution is 2.10. The van der Waals surface area contributed by atoms with Gasteiger partial charge in [0.15, 0.2) is 0 Å². The first-order chi connectivity index (χ1) is 8.57. The van der Waals surface area contributed by atoms with Gasteiger partial charge in [-0.05, 0) is 26.9 Å². The molecule has 0 aromatic rings. The zero-order chi connectivity index (χ0) is 13.8. The molecule has 0 rings (SSSR count). The fraction of sp³-hybridized carbons (Fsp3) is 0.786. The summed E-state index contributed by atoms with van der Waals surface area (Å²) in [5.74, 6) is -0.441. The maximum absolute atomic E-state index is 11.4. The Morgan fingerprint density at radius 2 is 1.83 bits per heavy atom. The van der Waals surface area contributed by atoms with Gasteiger partial charge in [0.1, 0.15) is 6.61 Å². The van der Waals surface area contributed by atoms with Crippen molar-refractivity contribution in [1.82, 2.24) is 4.90 Å². The van der Waals surface area contributed by atoms with Crippen LogP contribution in [0, 0.1) is 0 Å². The van der Waals surface area contributed by atoms with Crippen LogP contribution < -0.4 is 0 Å². The third kappa shape index (κ3) is 10.3. The van der Waals surface area contributed by atoms with Gasteiger partial charge in [-0.15, -0.1) is 0 Å². The molecule has 0 fully saturated rings. The molecule has 0 aliphatic rings. The van der Waals surface area contributed by atoms with Crippen molar-refractivity contribution in [2.45, 2.75) is 45.4 Å². The summed E-state index contributed by atoms with van der Waals surface area (Å²) in [6, 6.07) is 0. The van der Waals surface area contributed by atoms with Crippen LogP contribution in [0.3, 0.4) is 0 Å². The second-order valence-electron chi connectivity index (χ2n) is 4.76. The molecular weight excluding hydrogens is 230 g/mol. The van der Waals surface area contributed by atoms with Gasteiger partial charge in [0, 0.05) is 12.1 Å². The van der Waals surface area contributed by atoms with Crippen LogP contribution in [0.4, 0.5) is 0 Å². The van der Waals surface area contributed by atoms with E-state index in [0.717, 1.165) is 19.4 Å². The third-order valence-electron chi connectivity index (χ3n) is 2.63. The standard InChI is InChI=1S/C14H27NO3/c1-5-6-7-8-9-10-13(2)14(16)18-17-12-11-15(3)4/h2,5-12H2,1,3-4H3. The summed E-state index contributed by atoms with van der Waals surface area (Å²) in [6.45, 7) is 7.00. The lowest BCUT2D eigenvalue weighted by Gasteiger charge is -2.09. The van der Waals surface area contributed by atoms with E-state index < -0.39 is 5.97 Å². The van der Waals surface area contributed by atoms with E-state index in [1.807, 2.05) is 19.0 Å². The van der Waals surface area contributed by atoms with E-state index in [1.54, 1.807) is 0 Å². The third-order valence-corrected chi connectivity index (χ3v) is 2.63. The van der Waals surface area contributed by atoms with Gasteiger partial charge >= 0.3 is 5.97 Å². The molecule has 0 aromatic heterocycles. The van der Waals surface area contributed by atoms with Crippen molar-refractivity contribution in [3.05, 3.63) is 12.2 Å². The SMILES string of the molecule is C=C(CCCCCCC)C(=O)OOCCN(C)C. The highest BCUT2D eigenvalue weighted by Gasteiger charge is 2.09. The number of carbonyl (C=O) groups excluding carboxylic acids is 1. The van der Waals surface area contributed by atoms with Crippen LogP contribution in [-0.4, -0.2) is 38.1 Å². The molecule has 0 bridgehead atoms. The smallest absolute Gasteiger partial charge is 0.307 e. The lowest BCUT2D eigenvalue weighted by atomic mass is 10.1. The minimum atomic E-state index is -0.441. The molecule has 0 radical (unpaired) electrons. The number of unbranched alkanes of at least 4 members (excludes halogenated alkanes) is 4. The van der Waals surface area contributed by atoms with Crippen molar-refractivity contribution >= 4 is 5.97 Å². The zero-order valence-electron chi connectivity index (χ0n) is 12.0. The molecule has 0 aliphatic carbocycles. The average molecular weight is 257 g/mol. The van der Waals surface area contributed by atoms with E-state index in [2.05, 4.69) is 18.4 Å².